The Bertz CT molecular complexity index is 310. The molecule has 14 heavy (non-hydrogen) atoms. The van der Waals surface area contributed by atoms with Gasteiger partial charge in [-0.2, -0.15) is 0 Å². The molecule has 0 bridgehead atoms. The van der Waals surface area contributed by atoms with Gasteiger partial charge in [0.05, 0.1) is 0 Å². The molecule has 2 unspecified atom stereocenters. The highest BCUT2D eigenvalue weighted by Gasteiger charge is 2.28. The van der Waals surface area contributed by atoms with Crippen molar-refractivity contribution in [1.82, 2.24) is 0 Å². The van der Waals surface area contributed by atoms with Crippen molar-refractivity contribution in [3.05, 3.63) is 34.3 Å². The SMILES string of the molecule is CC(N)C(C)(F)Cc1cccc(Br)c1. The van der Waals surface area contributed by atoms with Gasteiger partial charge in [-0.25, -0.2) is 4.39 Å². The molecule has 0 saturated heterocycles. The third-order valence-corrected chi connectivity index (χ3v) is 2.88. The minimum absolute atomic E-state index is 0.351. The Balaban J connectivity index is 2.78. The Morgan fingerprint density at radius 1 is 1.57 bits per heavy atom. The van der Waals surface area contributed by atoms with E-state index in [0.29, 0.717) is 6.42 Å². The Labute approximate surface area is 92.6 Å². The van der Waals surface area contributed by atoms with E-state index in [-0.39, 0.29) is 0 Å². The van der Waals surface area contributed by atoms with Crippen LogP contribution in [0.5, 0.6) is 0 Å². The highest BCUT2D eigenvalue weighted by Crippen LogP contribution is 2.22. The second-order valence-corrected chi connectivity index (χ2v) is 4.79. The van der Waals surface area contributed by atoms with Crippen LogP contribution in [0.25, 0.3) is 0 Å². The summed E-state index contributed by atoms with van der Waals surface area (Å²) in [5.41, 5.74) is 5.18. The van der Waals surface area contributed by atoms with Gasteiger partial charge in [0.2, 0.25) is 0 Å². The molecule has 0 radical (unpaired) electrons. The second kappa shape index (κ2) is 4.41. The number of rotatable bonds is 3. The van der Waals surface area contributed by atoms with Gasteiger partial charge in [-0.15, -0.1) is 0 Å². The molecule has 78 valence electrons. The van der Waals surface area contributed by atoms with E-state index in [2.05, 4.69) is 15.9 Å². The molecule has 0 amide bonds. The third-order valence-electron chi connectivity index (χ3n) is 2.39. The number of alkyl halides is 1. The molecule has 0 fully saturated rings. The zero-order valence-corrected chi connectivity index (χ0v) is 10.0. The Morgan fingerprint density at radius 3 is 2.71 bits per heavy atom. The molecule has 0 aromatic heterocycles. The van der Waals surface area contributed by atoms with Crippen molar-refractivity contribution in [3.8, 4) is 0 Å². The quantitative estimate of drug-likeness (QED) is 0.888. The molecule has 1 rings (SSSR count). The summed E-state index contributed by atoms with van der Waals surface area (Å²) in [6.45, 7) is 3.23. The zero-order valence-electron chi connectivity index (χ0n) is 8.43. The van der Waals surface area contributed by atoms with Crippen LogP contribution < -0.4 is 5.73 Å². The monoisotopic (exact) mass is 259 g/mol. The van der Waals surface area contributed by atoms with Crippen molar-refractivity contribution >= 4 is 15.9 Å². The maximum Gasteiger partial charge on any atom is 0.127 e. The van der Waals surface area contributed by atoms with E-state index < -0.39 is 11.7 Å². The van der Waals surface area contributed by atoms with Crippen LogP contribution in [0.1, 0.15) is 19.4 Å². The summed E-state index contributed by atoms with van der Waals surface area (Å²) in [4.78, 5) is 0. The summed E-state index contributed by atoms with van der Waals surface area (Å²) < 4.78 is 14.9. The highest BCUT2D eigenvalue weighted by molar-refractivity contribution is 9.10. The molecule has 2 atom stereocenters. The minimum Gasteiger partial charge on any atom is -0.325 e. The minimum atomic E-state index is -1.35. The van der Waals surface area contributed by atoms with E-state index in [9.17, 15) is 4.39 Å². The van der Waals surface area contributed by atoms with Crippen LogP contribution in [0.2, 0.25) is 0 Å². The lowest BCUT2D eigenvalue weighted by atomic mass is 9.92. The first-order valence-electron chi connectivity index (χ1n) is 4.61. The summed E-state index contributed by atoms with van der Waals surface area (Å²) in [6, 6.07) is 7.19. The highest BCUT2D eigenvalue weighted by atomic mass is 79.9. The van der Waals surface area contributed by atoms with Crippen LogP contribution in [0, 0.1) is 0 Å². The second-order valence-electron chi connectivity index (χ2n) is 3.87. The molecule has 0 aliphatic rings. The van der Waals surface area contributed by atoms with Crippen LogP contribution in [-0.2, 0) is 6.42 Å². The van der Waals surface area contributed by atoms with Gasteiger partial charge in [-0.3, -0.25) is 0 Å². The summed E-state index contributed by atoms with van der Waals surface area (Å²) in [5, 5.41) is 0. The molecule has 3 heteroatoms. The van der Waals surface area contributed by atoms with Gasteiger partial charge >= 0.3 is 0 Å². The lowest BCUT2D eigenvalue weighted by Gasteiger charge is -2.24. The number of hydrogen-bond acceptors (Lipinski definition) is 1. The van der Waals surface area contributed by atoms with E-state index in [1.807, 2.05) is 24.3 Å². The molecule has 1 aromatic rings. The van der Waals surface area contributed by atoms with Crippen molar-refractivity contribution < 1.29 is 4.39 Å². The molecule has 0 saturated carbocycles. The van der Waals surface area contributed by atoms with Crippen LogP contribution in [0.15, 0.2) is 28.7 Å². The van der Waals surface area contributed by atoms with Gasteiger partial charge < -0.3 is 5.73 Å². The van der Waals surface area contributed by atoms with Gasteiger partial charge in [0.15, 0.2) is 0 Å². The number of benzene rings is 1. The summed E-state index contributed by atoms with van der Waals surface area (Å²) >= 11 is 3.35. The van der Waals surface area contributed by atoms with Crippen LogP contribution >= 0.6 is 15.9 Å². The summed E-state index contributed by atoms with van der Waals surface area (Å²) in [6.07, 6.45) is 0.351. The van der Waals surface area contributed by atoms with Crippen LogP contribution in [-0.4, -0.2) is 11.7 Å². The van der Waals surface area contributed by atoms with E-state index in [0.717, 1.165) is 10.0 Å². The Morgan fingerprint density at radius 2 is 2.21 bits per heavy atom. The Hall–Kier alpha value is -0.410. The first-order chi connectivity index (χ1) is 6.42. The average Bonchev–Trinajstić information content (AvgIpc) is 2.02. The predicted molar refractivity (Wildman–Crippen MR) is 61.0 cm³/mol. The molecule has 1 aromatic carbocycles. The standard InChI is InChI=1S/C11H15BrFN/c1-8(14)11(2,13)7-9-4-3-5-10(12)6-9/h3-6,8H,7,14H2,1-2H3. The molecule has 1 nitrogen and oxygen atoms in total. The normalized spacial score (nSPS) is 17.5. The van der Waals surface area contributed by atoms with Crippen molar-refractivity contribution in [2.45, 2.75) is 32.0 Å². The van der Waals surface area contributed by atoms with Crippen molar-refractivity contribution in [2.75, 3.05) is 0 Å². The molecule has 0 heterocycles. The predicted octanol–water partition coefficient (Wildman–Crippen LogP) is 3.07. The Kier molecular flexibility index (Phi) is 3.67. The number of hydrogen-bond donors (Lipinski definition) is 1. The fourth-order valence-electron chi connectivity index (χ4n) is 1.21. The molecular weight excluding hydrogens is 245 g/mol. The van der Waals surface area contributed by atoms with Gasteiger partial charge in [0.25, 0.3) is 0 Å². The first kappa shape index (κ1) is 11.7. The van der Waals surface area contributed by atoms with E-state index in [1.54, 1.807) is 13.8 Å². The zero-order chi connectivity index (χ0) is 10.8. The maximum absolute atomic E-state index is 13.9. The van der Waals surface area contributed by atoms with Gasteiger partial charge in [-0.05, 0) is 31.5 Å². The largest absolute Gasteiger partial charge is 0.325 e. The molecular formula is C11H15BrFN. The maximum atomic E-state index is 13.9. The van der Waals surface area contributed by atoms with Gasteiger partial charge in [0, 0.05) is 16.9 Å². The topological polar surface area (TPSA) is 26.0 Å². The van der Waals surface area contributed by atoms with E-state index in [1.165, 1.54) is 0 Å². The number of nitrogens with two attached hydrogens (primary N) is 1. The molecule has 0 spiro atoms. The van der Waals surface area contributed by atoms with Crippen LogP contribution in [0.4, 0.5) is 4.39 Å². The van der Waals surface area contributed by atoms with E-state index >= 15 is 0 Å². The lowest BCUT2D eigenvalue weighted by Crippen LogP contribution is -2.41. The molecule has 2 N–H and O–H groups in total. The fourth-order valence-corrected chi connectivity index (χ4v) is 1.65. The molecule has 0 aliphatic carbocycles. The van der Waals surface area contributed by atoms with Crippen molar-refractivity contribution in [1.29, 1.82) is 0 Å². The fraction of sp³-hybridized carbons (Fsp3) is 0.455. The van der Waals surface area contributed by atoms with E-state index in [4.69, 9.17) is 5.73 Å². The smallest absolute Gasteiger partial charge is 0.127 e. The van der Waals surface area contributed by atoms with Crippen molar-refractivity contribution in [2.24, 2.45) is 5.73 Å². The molecule has 0 aliphatic heterocycles. The van der Waals surface area contributed by atoms with Gasteiger partial charge in [-0.1, -0.05) is 28.1 Å². The third kappa shape index (κ3) is 3.07. The first-order valence-corrected chi connectivity index (χ1v) is 5.40. The lowest BCUT2D eigenvalue weighted by molar-refractivity contribution is 0.157. The summed E-state index contributed by atoms with van der Waals surface area (Å²) in [5.74, 6) is 0. The average molecular weight is 260 g/mol. The van der Waals surface area contributed by atoms with Crippen molar-refractivity contribution in [3.63, 3.8) is 0 Å². The van der Waals surface area contributed by atoms with Crippen LogP contribution in [0.3, 0.4) is 0 Å². The number of halogens is 2. The summed E-state index contributed by atoms with van der Waals surface area (Å²) in [7, 11) is 0. The van der Waals surface area contributed by atoms with Gasteiger partial charge in [0.1, 0.15) is 5.67 Å².